The van der Waals surface area contributed by atoms with Crippen molar-refractivity contribution in [2.45, 2.75) is 25.9 Å². The highest BCUT2D eigenvalue weighted by molar-refractivity contribution is 9.10. The maximum Gasteiger partial charge on any atom is 0.221 e. The Morgan fingerprint density at radius 3 is 2.70 bits per heavy atom. The van der Waals surface area contributed by atoms with Crippen LogP contribution in [-0.4, -0.2) is 23.1 Å². The number of amides is 1. The van der Waals surface area contributed by atoms with Gasteiger partial charge in [0.2, 0.25) is 5.91 Å². The van der Waals surface area contributed by atoms with Crippen molar-refractivity contribution in [1.29, 1.82) is 0 Å². The van der Waals surface area contributed by atoms with E-state index >= 15 is 0 Å². The Kier molecular flexibility index (Phi) is 6.99. The fraction of sp³-hybridized carbons (Fsp3) is 0.179. The molecule has 0 aliphatic carbocycles. The predicted molar refractivity (Wildman–Crippen MR) is 152 cm³/mol. The minimum atomic E-state index is -0.334. The summed E-state index contributed by atoms with van der Waals surface area (Å²) in [6.45, 7) is 3.51. The zero-order valence-corrected chi connectivity index (χ0v) is 22.9. The van der Waals surface area contributed by atoms with Crippen LogP contribution in [0.15, 0.2) is 81.8 Å². The Morgan fingerprint density at radius 2 is 2.00 bits per heavy atom. The molecule has 188 valence electrons. The lowest BCUT2D eigenvalue weighted by Crippen LogP contribution is -2.29. The van der Waals surface area contributed by atoms with Gasteiger partial charge >= 0.3 is 0 Å². The van der Waals surface area contributed by atoms with E-state index in [-0.39, 0.29) is 18.0 Å². The van der Waals surface area contributed by atoms with Crippen molar-refractivity contribution in [3.63, 3.8) is 0 Å². The molecule has 2 atom stereocenters. The van der Waals surface area contributed by atoms with E-state index in [0.29, 0.717) is 16.5 Å². The van der Waals surface area contributed by atoms with Crippen molar-refractivity contribution in [1.82, 2.24) is 10.3 Å². The topological polar surface area (TPSA) is 79.6 Å². The molecule has 4 aromatic rings. The van der Waals surface area contributed by atoms with Gasteiger partial charge in [-0.3, -0.25) is 9.78 Å². The number of nitrogens with zero attached hydrogens (tertiary/aromatic N) is 2. The number of methoxy groups -OCH3 is 1. The third kappa shape index (κ3) is 4.97. The maximum atomic E-state index is 11.8. The van der Waals surface area contributed by atoms with Crippen LogP contribution in [0.25, 0.3) is 11.3 Å². The first-order chi connectivity index (χ1) is 17.9. The number of aryl methyl sites for hydroxylation is 1. The average Bonchev–Trinajstić information content (AvgIpc) is 3.48. The van der Waals surface area contributed by atoms with Gasteiger partial charge < -0.3 is 24.7 Å². The molecule has 0 bridgehead atoms. The quantitative estimate of drug-likeness (QED) is 0.252. The number of rotatable bonds is 6. The SMILES string of the molecule is COc1ccc(N2C(=S)N[C@@H](c3ccccn3)[C@H]2c2ccc(-c3ccc(C)cc3Br)o2)cc1NC(C)=O. The number of hydrogen-bond donors (Lipinski definition) is 2. The highest BCUT2D eigenvalue weighted by atomic mass is 79.9. The van der Waals surface area contributed by atoms with E-state index < -0.39 is 0 Å². The van der Waals surface area contributed by atoms with Gasteiger partial charge in [0.05, 0.1) is 24.5 Å². The summed E-state index contributed by atoms with van der Waals surface area (Å²) in [6, 6.07) is 20.9. The third-order valence-electron chi connectivity index (χ3n) is 6.18. The summed E-state index contributed by atoms with van der Waals surface area (Å²) in [5.74, 6) is 1.83. The molecule has 2 aromatic heterocycles. The molecule has 5 rings (SSSR count). The normalized spacial score (nSPS) is 17.0. The molecule has 1 aliphatic heterocycles. The van der Waals surface area contributed by atoms with Crippen molar-refractivity contribution in [2.24, 2.45) is 0 Å². The lowest BCUT2D eigenvalue weighted by molar-refractivity contribution is -0.114. The molecule has 3 heterocycles. The summed E-state index contributed by atoms with van der Waals surface area (Å²) in [5.41, 5.74) is 4.29. The van der Waals surface area contributed by atoms with Crippen LogP contribution >= 0.6 is 28.1 Å². The van der Waals surface area contributed by atoms with Crippen molar-refractivity contribution in [3.05, 3.63) is 94.4 Å². The van der Waals surface area contributed by atoms with E-state index in [2.05, 4.69) is 43.7 Å². The highest BCUT2D eigenvalue weighted by Crippen LogP contribution is 2.44. The summed E-state index contributed by atoms with van der Waals surface area (Å²) in [4.78, 5) is 18.4. The van der Waals surface area contributed by atoms with Gasteiger partial charge in [0.15, 0.2) is 5.11 Å². The van der Waals surface area contributed by atoms with Crippen LogP contribution in [0.5, 0.6) is 5.75 Å². The molecular formula is C28H25BrN4O3S. The van der Waals surface area contributed by atoms with Crippen LogP contribution in [0.4, 0.5) is 11.4 Å². The highest BCUT2D eigenvalue weighted by Gasteiger charge is 2.42. The van der Waals surface area contributed by atoms with Gasteiger partial charge in [0, 0.05) is 28.8 Å². The van der Waals surface area contributed by atoms with Crippen molar-refractivity contribution in [3.8, 4) is 17.1 Å². The maximum absolute atomic E-state index is 11.8. The van der Waals surface area contributed by atoms with Crippen LogP contribution in [0.1, 0.15) is 36.0 Å². The number of carbonyl (C=O) groups excluding carboxylic acids is 1. The number of ether oxygens (including phenoxy) is 1. The van der Waals surface area contributed by atoms with E-state index in [9.17, 15) is 4.79 Å². The Hall–Kier alpha value is -3.69. The Labute approximate surface area is 229 Å². The fourth-order valence-electron chi connectivity index (χ4n) is 4.53. The van der Waals surface area contributed by atoms with E-state index in [0.717, 1.165) is 38.5 Å². The Morgan fingerprint density at radius 1 is 1.16 bits per heavy atom. The number of thiocarbonyl (C=S) groups is 1. The number of benzene rings is 2. The van der Waals surface area contributed by atoms with E-state index in [1.54, 1.807) is 13.3 Å². The molecule has 2 N–H and O–H groups in total. The van der Waals surface area contributed by atoms with Crippen LogP contribution in [0.2, 0.25) is 0 Å². The Bertz CT molecular complexity index is 1470. The molecule has 9 heteroatoms. The second kappa shape index (κ2) is 10.4. The van der Waals surface area contributed by atoms with Gasteiger partial charge in [0.25, 0.3) is 0 Å². The monoisotopic (exact) mass is 576 g/mol. The molecule has 0 radical (unpaired) electrons. The van der Waals surface area contributed by atoms with Crippen LogP contribution in [0.3, 0.4) is 0 Å². The average molecular weight is 578 g/mol. The molecule has 1 amide bonds. The van der Waals surface area contributed by atoms with Gasteiger partial charge in [-0.25, -0.2) is 0 Å². The largest absolute Gasteiger partial charge is 0.495 e. The van der Waals surface area contributed by atoms with Crippen LogP contribution in [-0.2, 0) is 4.79 Å². The molecular weight excluding hydrogens is 552 g/mol. The predicted octanol–water partition coefficient (Wildman–Crippen LogP) is 6.56. The van der Waals surface area contributed by atoms with E-state index in [1.165, 1.54) is 6.92 Å². The minimum Gasteiger partial charge on any atom is -0.495 e. The number of anilines is 2. The van der Waals surface area contributed by atoms with Gasteiger partial charge in [-0.1, -0.05) is 28.1 Å². The summed E-state index contributed by atoms with van der Waals surface area (Å²) in [6.07, 6.45) is 1.76. The lowest BCUT2D eigenvalue weighted by atomic mass is 10.0. The van der Waals surface area contributed by atoms with E-state index in [1.807, 2.05) is 66.4 Å². The molecule has 1 fully saturated rings. The molecule has 7 nitrogen and oxygen atoms in total. The smallest absolute Gasteiger partial charge is 0.221 e. The van der Waals surface area contributed by atoms with Crippen LogP contribution < -0.4 is 20.3 Å². The summed E-state index contributed by atoms with van der Waals surface area (Å²) in [5, 5.41) is 6.79. The van der Waals surface area contributed by atoms with Gasteiger partial charge in [-0.15, -0.1) is 0 Å². The van der Waals surface area contributed by atoms with Crippen molar-refractivity contribution in [2.75, 3.05) is 17.3 Å². The number of furan rings is 1. The number of hydrogen-bond acceptors (Lipinski definition) is 5. The van der Waals surface area contributed by atoms with Crippen LogP contribution in [0, 0.1) is 6.92 Å². The number of nitrogens with one attached hydrogen (secondary N) is 2. The minimum absolute atomic E-state index is 0.195. The first kappa shape index (κ1) is 25.0. The third-order valence-corrected chi connectivity index (χ3v) is 7.15. The lowest BCUT2D eigenvalue weighted by Gasteiger charge is -2.27. The first-order valence-electron chi connectivity index (χ1n) is 11.7. The second-order valence-electron chi connectivity index (χ2n) is 8.75. The zero-order chi connectivity index (χ0) is 26.1. The number of aromatic nitrogens is 1. The summed E-state index contributed by atoms with van der Waals surface area (Å²) in [7, 11) is 1.57. The summed E-state index contributed by atoms with van der Waals surface area (Å²) < 4.78 is 12.9. The molecule has 1 aliphatic rings. The molecule has 0 saturated carbocycles. The molecule has 1 saturated heterocycles. The molecule has 0 unspecified atom stereocenters. The van der Waals surface area contributed by atoms with Crippen molar-refractivity contribution < 1.29 is 13.9 Å². The zero-order valence-electron chi connectivity index (χ0n) is 20.5. The van der Waals surface area contributed by atoms with Gasteiger partial charge in [-0.2, -0.15) is 0 Å². The molecule has 37 heavy (non-hydrogen) atoms. The number of halogens is 1. The van der Waals surface area contributed by atoms with Crippen molar-refractivity contribution >= 4 is 50.5 Å². The molecule has 0 spiro atoms. The standard InChI is InChI=1S/C28H25BrN4O3S/c1-16-7-9-19(20(29)14-16)23-11-12-25(36-23)27-26(21-6-4-5-13-30-21)32-28(37)33(27)18-8-10-24(35-3)22(15-18)31-17(2)34/h4-15,26-27H,1-3H3,(H,31,34)(H,32,37)/t26-,27+/m0/s1. The van der Waals surface area contributed by atoms with Gasteiger partial charge in [0.1, 0.15) is 23.3 Å². The first-order valence-corrected chi connectivity index (χ1v) is 12.9. The summed E-state index contributed by atoms with van der Waals surface area (Å²) >= 11 is 9.49. The number of pyridine rings is 1. The Balaban J connectivity index is 1.61. The second-order valence-corrected chi connectivity index (χ2v) is 9.99. The van der Waals surface area contributed by atoms with E-state index in [4.69, 9.17) is 21.4 Å². The van der Waals surface area contributed by atoms with Gasteiger partial charge in [-0.05, 0) is 79.3 Å². The fourth-order valence-corrected chi connectivity index (χ4v) is 5.57. The molecule has 2 aromatic carbocycles. The number of carbonyl (C=O) groups is 1.